The Morgan fingerprint density at radius 3 is 2.33 bits per heavy atom. The second-order valence-electron chi connectivity index (χ2n) is 6.95. The van der Waals surface area contributed by atoms with Crippen LogP contribution in [0.25, 0.3) is 0 Å². The lowest BCUT2D eigenvalue weighted by molar-refractivity contribution is -0.120. The minimum Gasteiger partial charge on any atom is -0.325 e. The number of aryl methyl sites for hydroxylation is 2. The summed E-state index contributed by atoms with van der Waals surface area (Å²) < 4.78 is 40.4. The Balaban J connectivity index is 1.86. The molecule has 0 aliphatic carbocycles. The monoisotopic (exact) mass is 390 g/mol. The smallest absolute Gasteiger partial charge is 0.243 e. The summed E-state index contributed by atoms with van der Waals surface area (Å²) in [5.41, 5.74) is 2.69. The molecule has 5 nitrogen and oxygen atoms in total. The Kier molecular flexibility index (Phi) is 5.62. The Morgan fingerprint density at radius 2 is 1.70 bits per heavy atom. The van der Waals surface area contributed by atoms with Crippen LogP contribution in [0.4, 0.5) is 10.1 Å². The van der Waals surface area contributed by atoms with E-state index in [2.05, 4.69) is 5.32 Å². The van der Waals surface area contributed by atoms with E-state index in [1.54, 1.807) is 0 Å². The Labute approximate surface area is 159 Å². The van der Waals surface area contributed by atoms with Crippen LogP contribution in [0.2, 0.25) is 0 Å². The first-order valence-corrected chi connectivity index (χ1v) is 10.4. The number of benzene rings is 2. The third-order valence-corrected chi connectivity index (χ3v) is 6.59. The number of rotatable bonds is 4. The summed E-state index contributed by atoms with van der Waals surface area (Å²) in [4.78, 5) is 12.9. The number of nitrogens with zero attached hydrogens (tertiary/aromatic N) is 1. The number of sulfonamides is 1. The largest absolute Gasteiger partial charge is 0.325 e. The molecule has 27 heavy (non-hydrogen) atoms. The van der Waals surface area contributed by atoms with Crippen molar-refractivity contribution < 1.29 is 17.6 Å². The average molecular weight is 390 g/mol. The standard InChI is InChI=1S/C20H23FN2O3S/c1-14-11-15(2)13-17(12-14)22-20(24)19-5-3-4-10-23(19)27(25,26)18-8-6-16(21)7-9-18/h6-9,11-13,19H,3-5,10H2,1-2H3,(H,22,24). The summed E-state index contributed by atoms with van der Waals surface area (Å²) in [5.74, 6) is -0.845. The number of hydrogen-bond acceptors (Lipinski definition) is 3. The minimum atomic E-state index is -3.88. The highest BCUT2D eigenvalue weighted by Crippen LogP contribution is 2.27. The minimum absolute atomic E-state index is 0.00463. The maximum atomic E-state index is 13.2. The molecule has 0 bridgehead atoms. The molecule has 1 N–H and O–H groups in total. The van der Waals surface area contributed by atoms with Gasteiger partial charge in [0.2, 0.25) is 15.9 Å². The zero-order valence-corrected chi connectivity index (χ0v) is 16.2. The molecule has 144 valence electrons. The van der Waals surface area contributed by atoms with Gasteiger partial charge in [-0.3, -0.25) is 4.79 Å². The second-order valence-corrected chi connectivity index (χ2v) is 8.84. The molecule has 0 spiro atoms. The van der Waals surface area contributed by atoms with Gasteiger partial charge in [0.05, 0.1) is 4.90 Å². The van der Waals surface area contributed by atoms with Crippen LogP contribution in [-0.4, -0.2) is 31.2 Å². The predicted molar refractivity (Wildman–Crippen MR) is 102 cm³/mol. The number of nitrogens with one attached hydrogen (secondary N) is 1. The van der Waals surface area contributed by atoms with E-state index in [9.17, 15) is 17.6 Å². The molecule has 1 amide bonds. The summed E-state index contributed by atoms with van der Waals surface area (Å²) in [6, 6.07) is 9.62. The van der Waals surface area contributed by atoms with Crippen molar-refractivity contribution >= 4 is 21.6 Å². The van der Waals surface area contributed by atoms with E-state index < -0.39 is 21.9 Å². The zero-order chi connectivity index (χ0) is 19.6. The van der Waals surface area contributed by atoms with Crippen LogP contribution in [0.15, 0.2) is 47.4 Å². The van der Waals surface area contributed by atoms with Crippen LogP contribution in [0.3, 0.4) is 0 Å². The molecule has 2 aromatic carbocycles. The SMILES string of the molecule is Cc1cc(C)cc(NC(=O)C2CCCCN2S(=O)(=O)c2ccc(F)cc2)c1. The fraction of sp³-hybridized carbons (Fsp3) is 0.350. The number of anilines is 1. The van der Waals surface area contributed by atoms with E-state index in [-0.39, 0.29) is 17.3 Å². The van der Waals surface area contributed by atoms with Crippen LogP contribution in [0.1, 0.15) is 30.4 Å². The van der Waals surface area contributed by atoms with Gasteiger partial charge in [0, 0.05) is 12.2 Å². The van der Waals surface area contributed by atoms with Gasteiger partial charge in [-0.05, 0) is 74.2 Å². The van der Waals surface area contributed by atoms with Crippen LogP contribution >= 0.6 is 0 Å². The van der Waals surface area contributed by atoms with Gasteiger partial charge in [0.1, 0.15) is 11.9 Å². The highest BCUT2D eigenvalue weighted by atomic mass is 32.2. The molecular formula is C20H23FN2O3S. The van der Waals surface area contributed by atoms with Gasteiger partial charge in [0.15, 0.2) is 0 Å². The van der Waals surface area contributed by atoms with Crippen LogP contribution in [-0.2, 0) is 14.8 Å². The Hall–Kier alpha value is -2.25. The van der Waals surface area contributed by atoms with Crippen molar-refractivity contribution in [1.82, 2.24) is 4.31 Å². The molecule has 1 heterocycles. The summed E-state index contributed by atoms with van der Waals surface area (Å²) in [6.45, 7) is 4.15. The van der Waals surface area contributed by atoms with E-state index in [0.717, 1.165) is 29.7 Å². The summed E-state index contributed by atoms with van der Waals surface area (Å²) in [5, 5.41) is 2.85. The molecular weight excluding hydrogens is 367 g/mol. The second kappa shape index (κ2) is 7.78. The van der Waals surface area contributed by atoms with Gasteiger partial charge in [-0.25, -0.2) is 12.8 Å². The van der Waals surface area contributed by atoms with Crippen molar-refractivity contribution in [1.29, 1.82) is 0 Å². The maximum absolute atomic E-state index is 13.2. The molecule has 1 unspecified atom stereocenters. The number of halogens is 1. The fourth-order valence-electron chi connectivity index (χ4n) is 3.47. The van der Waals surface area contributed by atoms with Gasteiger partial charge in [-0.2, -0.15) is 4.31 Å². The lowest BCUT2D eigenvalue weighted by atomic mass is 10.0. The first kappa shape index (κ1) is 19.5. The molecule has 3 rings (SSSR count). The van der Waals surface area contributed by atoms with Crippen LogP contribution in [0, 0.1) is 19.7 Å². The van der Waals surface area contributed by atoms with Crippen molar-refractivity contribution in [2.24, 2.45) is 0 Å². The summed E-state index contributed by atoms with van der Waals surface area (Å²) in [6.07, 6.45) is 1.92. The Morgan fingerprint density at radius 1 is 1.07 bits per heavy atom. The normalized spacial score (nSPS) is 18.3. The van der Waals surface area contributed by atoms with E-state index in [0.29, 0.717) is 18.5 Å². The number of carbonyl (C=O) groups excluding carboxylic acids is 1. The van der Waals surface area contributed by atoms with Crippen LogP contribution < -0.4 is 5.32 Å². The third-order valence-electron chi connectivity index (χ3n) is 4.67. The molecule has 7 heteroatoms. The highest BCUT2D eigenvalue weighted by molar-refractivity contribution is 7.89. The van der Waals surface area contributed by atoms with E-state index >= 15 is 0 Å². The van der Waals surface area contributed by atoms with Crippen LogP contribution in [0.5, 0.6) is 0 Å². The van der Waals surface area contributed by atoms with Crippen molar-refractivity contribution in [3.05, 3.63) is 59.4 Å². The lowest BCUT2D eigenvalue weighted by Crippen LogP contribution is -2.49. The number of amides is 1. The van der Waals surface area contributed by atoms with E-state index in [1.807, 2.05) is 32.0 Å². The topological polar surface area (TPSA) is 66.5 Å². The lowest BCUT2D eigenvalue weighted by Gasteiger charge is -2.33. The Bertz CT molecular complexity index is 922. The van der Waals surface area contributed by atoms with Gasteiger partial charge in [-0.15, -0.1) is 0 Å². The molecule has 1 aliphatic rings. The summed E-state index contributed by atoms with van der Waals surface area (Å²) >= 11 is 0. The summed E-state index contributed by atoms with van der Waals surface area (Å²) in [7, 11) is -3.88. The number of hydrogen-bond donors (Lipinski definition) is 1. The predicted octanol–water partition coefficient (Wildman–Crippen LogP) is 3.62. The van der Waals surface area contributed by atoms with Gasteiger partial charge in [0.25, 0.3) is 0 Å². The fourth-order valence-corrected chi connectivity index (χ4v) is 5.13. The number of carbonyl (C=O) groups is 1. The van der Waals surface area contributed by atoms with Gasteiger partial charge >= 0.3 is 0 Å². The first-order chi connectivity index (χ1) is 12.8. The molecule has 2 aromatic rings. The molecule has 1 saturated heterocycles. The quantitative estimate of drug-likeness (QED) is 0.867. The molecule has 0 aromatic heterocycles. The zero-order valence-electron chi connectivity index (χ0n) is 15.4. The van der Waals surface area contributed by atoms with Crippen molar-refractivity contribution in [3.8, 4) is 0 Å². The first-order valence-electron chi connectivity index (χ1n) is 8.94. The third kappa shape index (κ3) is 4.36. The van der Waals surface area contributed by atoms with Gasteiger partial charge < -0.3 is 5.32 Å². The van der Waals surface area contributed by atoms with Crippen molar-refractivity contribution in [3.63, 3.8) is 0 Å². The molecule has 1 fully saturated rings. The van der Waals surface area contributed by atoms with E-state index in [4.69, 9.17) is 0 Å². The molecule has 0 radical (unpaired) electrons. The van der Waals surface area contributed by atoms with Gasteiger partial charge in [-0.1, -0.05) is 12.5 Å². The van der Waals surface area contributed by atoms with Crippen molar-refractivity contribution in [2.45, 2.75) is 44.0 Å². The maximum Gasteiger partial charge on any atom is 0.243 e. The van der Waals surface area contributed by atoms with E-state index in [1.165, 1.54) is 16.4 Å². The highest BCUT2D eigenvalue weighted by Gasteiger charge is 2.37. The number of piperidine rings is 1. The van der Waals surface area contributed by atoms with Crippen molar-refractivity contribution in [2.75, 3.05) is 11.9 Å². The molecule has 1 atom stereocenters. The molecule has 1 aliphatic heterocycles. The average Bonchev–Trinajstić information content (AvgIpc) is 2.61. The molecule has 0 saturated carbocycles.